The molecule has 0 aliphatic heterocycles. The zero-order valence-electron chi connectivity index (χ0n) is 12.5. The molecule has 0 saturated carbocycles. The lowest BCUT2D eigenvalue weighted by Gasteiger charge is -2.17. The first-order chi connectivity index (χ1) is 9.02. The van der Waals surface area contributed by atoms with Gasteiger partial charge in [0.05, 0.1) is 6.61 Å². The first-order valence-electron chi connectivity index (χ1n) is 6.93. The van der Waals surface area contributed by atoms with Gasteiger partial charge >= 0.3 is 0 Å². The van der Waals surface area contributed by atoms with Gasteiger partial charge in [0.2, 0.25) is 0 Å². The molecular formula is C16H25NO2. The van der Waals surface area contributed by atoms with Gasteiger partial charge in [-0.1, -0.05) is 12.1 Å². The molecule has 0 amide bonds. The smallest absolute Gasteiger partial charge is 0.129 e. The van der Waals surface area contributed by atoms with Crippen molar-refractivity contribution in [2.24, 2.45) is 0 Å². The van der Waals surface area contributed by atoms with Crippen molar-refractivity contribution in [2.45, 2.75) is 40.2 Å². The Morgan fingerprint density at radius 1 is 1.37 bits per heavy atom. The zero-order chi connectivity index (χ0) is 14.3. The summed E-state index contributed by atoms with van der Waals surface area (Å²) in [6, 6.07) is 6.32. The number of ether oxygens (including phenoxy) is 1. The number of benzene rings is 1. The maximum atomic E-state index is 10.9. The van der Waals surface area contributed by atoms with Crippen molar-refractivity contribution in [3.63, 3.8) is 0 Å². The Balaban J connectivity index is 2.48. The fourth-order valence-corrected chi connectivity index (χ4v) is 2.12. The van der Waals surface area contributed by atoms with E-state index in [1.807, 2.05) is 13.0 Å². The summed E-state index contributed by atoms with van der Waals surface area (Å²) in [7, 11) is 2.09. The highest BCUT2D eigenvalue weighted by Crippen LogP contribution is 2.19. The predicted octanol–water partition coefficient (Wildman–Crippen LogP) is 3.19. The molecule has 0 saturated heterocycles. The summed E-state index contributed by atoms with van der Waals surface area (Å²) < 4.78 is 5.54. The molecule has 0 bridgehead atoms. The van der Waals surface area contributed by atoms with Crippen molar-refractivity contribution in [1.29, 1.82) is 0 Å². The number of hydrogen-bond donors (Lipinski definition) is 0. The molecule has 3 nitrogen and oxygen atoms in total. The van der Waals surface area contributed by atoms with Crippen LogP contribution >= 0.6 is 0 Å². The molecule has 1 rings (SSSR count). The van der Waals surface area contributed by atoms with E-state index in [1.54, 1.807) is 6.92 Å². The van der Waals surface area contributed by atoms with Crippen molar-refractivity contribution in [1.82, 2.24) is 4.90 Å². The third-order valence-electron chi connectivity index (χ3n) is 3.06. The Kier molecular flexibility index (Phi) is 6.57. The molecule has 0 radical (unpaired) electrons. The highest BCUT2D eigenvalue weighted by atomic mass is 16.5. The minimum atomic E-state index is 0.269. The van der Waals surface area contributed by atoms with Gasteiger partial charge in [0.25, 0.3) is 0 Å². The molecule has 3 heteroatoms. The average Bonchev–Trinajstić information content (AvgIpc) is 2.32. The van der Waals surface area contributed by atoms with Crippen LogP contribution in [0, 0.1) is 6.92 Å². The van der Waals surface area contributed by atoms with Crippen LogP contribution in [0.5, 0.6) is 5.75 Å². The number of nitrogens with zero attached hydrogens (tertiary/aromatic N) is 1. The summed E-state index contributed by atoms with van der Waals surface area (Å²) in [5.74, 6) is 1.23. The third kappa shape index (κ3) is 5.88. The van der Waals surface area contributed by atoms with Crippen LogP contribution in [0.15, 0.2) is 18.2 Å². The first kappa shape index (κ1) is 15.7. The number of ketones is 1. The van der Waals surface area contributed by atoms with Crippen LogP contribution in [0.3, 0.4) is 0 Å². The van der Waals surface area contributed by atoms with Crippen molar-refractivity contribution < 1.29 is 9.53 Å². The second kappa shape index (κ2) is 7.95. The van der Waals surface area contributed by atoms with Crippen molar-refractivity contribution >= 4 is 5.78 Å². The minimum Gasteiger partial charge on any atom is -0.494 e. The van der Waals surface area contributed by atoms with E-state index in [9.17, 15) is 4.79 Å². The molecule has 19 heavy (non-hydrogen) atoms. The van der Waals surface area contributed by atoms with Gasteiger partial charge < -0.3 is 14.4 Å². The van der Waals surface area contributed by atoms with Crippen LogP contribution in [0.4, 0.5) is 0 Å². The third-order valence-corrected chi connectivity index (χ3v) is 3.06. The average molecular weight is 263 g/mol. The molecule has 0 N–H and O–H groups in total. The van der Waals surface area contributed by atoms with Crippen LogP contribution in [0.2, 0.25) is 0 Å². The summed E-state index contributed by atoms with van der Waals surface area (Å²) in [4.78, 5) is 13.1. The molecule has 0 aromatic heterocycles. The number of Topliss-reactive ketones (excluding diaryl/α,β-unsaturated/α-hetero) is 1. The summed E-state index contributed by atoms with van der Waals surface area (Å²) in [5.41, 5.74) is 2.46. The summed E-state index contributed by atoms with van der Waals surface area (Å²) in [6.45, 7) is 8.28. The maximum Gasteiger partial charge on any atom is 0.129 e. The van der Waals surface area contributed by atoms with Crippen molar-refractivity contribution in [2.75, 3.05) is 20.2 Å². The summed E-state index contributed by atoms with van der Waals surface area (Å²) in [6.07, 6.45) is 1.61. The standard InChI is InChI=1S/C16H25NO2/c1-5-19-16-9-8-15(11-13(16)2)12-17(4)10-6-7-14(3)18/h8-9,11H,5-7,10,12H2,1-4H3. The molecular weight excluding hydrogens is 238 g/mol. The topological polar surface area (TPSA) is 29.5 Å². The monoisotopic (exact) mass is 263 g/mol. The van der Waals surface area contributed by atoms with Crippen molar-refractivity contribution in [3.8, 4) is 5.75 Å². The summed E-state index contributed by atoms with van der Waals surface area (Å²) in [5, 5.41) is 0. The van der Waals surface area contributed by atoms with E-state index in [4.69, 9.17) is 4.74 Å². The van der Waals surface area contributed by atoms with Gasteiger partial charge in [0.1, 0.15) is 11.5 Å². The fraction of sp³-hybridized carbons (Fsp3) is 0.562. The van der Waals surface area contributed by atoms with E-state index < -0.39 is 0 Å². The maximum absolute atomic E-state index is 10.9. The quantitative estimate of drug-likeness (QED) is 0.721. The highest BCUT2D eigenvalue weighted by Gasteiger charge is 2.04. The largest absolute Gasteiger partial charge is 0.494 e. The normalized spacial score (nSPS) is 10.8. The predicted molar refractivity (Wildman–Crippen MR) is 78.6 cm³/mol. The fourth-order valence-electron chi connectivity index (χ4n) is 2.12. The molecule has 1 aromatic carbocycles. The van der Waals surface area contributed by atoms with Gasteiger partial charge in [0.15, 0.2) is 0 Å². The number of carbonyl (C=O) groups is 1. The van der Waals surface area contributed by atoms with Gasteiger partial charge in [-0.15, -0.1) is 0 Å². The summed E-state index contributed by atoms with van der Waals surface area (Å²) >= 11 is 0. The van der Waals surface area contributed by atoms with Gasteiger partial charge in [-0.25, -0.2) is 0 Å². The lowest BCUT2D eigenvalue weighted by Crippen LogP contribution is -2.19. The van der Waals surface area contributed by atoms with Crippen molar-refractivity contribution in [3.05, 3.63) is 29.3 Å². The Morgan fingerprint density at radius 2 is 2.11 bits per heavy atom. The highest BCUT2D eigenvalue weighted by molar-refractivity contribution is 5.75. The van der Waals surface area contributed by atoms with E-state index >= 15 is 0 Å². The first-order valence-corrected chi connectivity index (χ1v) is 6.93. The van der Waals surface area contributed by atoms with Gasteiger partial charge in [-0.3, -0.25) is 0 Å². The lowest BCUT2D eigenvalue weighted by molar-refractivity contribution is -0.117. The number of hydrogen-bond acceptors (Lipinski definition) is 3. The Bertz CT molecular complexity index is 415. The SMILES string of the molecule is CCOc1ccc(CN(C)CCCC(C)=O)cc1C. The molecule has 0 heterocycles. The lowest BCUT2D eigenvalue weighted by atomic mass is 10.1. The molecule has 0 aliphatic rings. The van der Waals surface area contributed by atoms with Crippen LogP contribution < -0.4 is 4.74 Å². The molecule has 0 spiro atoms. The minimum absolute atomic E-state index is 0.269. The molecule has 106 valence electrons. The van der Waals surface area contributed by atoms with E-state index in [-0.39, 0.29) is 5.78 Å². The zero-order valence-corrected chi connectivity index (χ0v) is 12.5. The number of carbonyl (C=O) groups excluding carboxylic acids is 1. The van der Waals surface area contributed by atoms with E-state index in [1.165, 1.54) is 11.1 Å². The van der Waals surface area contributed by atoms with Gasteiger partial charge in [0, 0.05) is 13.0 Å². The number of rotatable bonds is 8. The van der Waals surface area contributed by atoms with Crippen LogP contribution in [-0.4, -0.2) is 30.9 Å². The Morgan fingerprint density at radius 3 is 2.68 bits per heavy atom. The molecule has 0 fully saturated rings. The second-order valence-electron chi connectivity index (χ2n) is 5.08. The van der Waals surface area contributed by atoms with E-state index in [2.05, 4.69) is 31.0 Å². The second-order valence-corrected chi connectivity index (χ2v) is 5.08. The molecule has 1 aromatic rings. The van der Waals surface area contributed by atoms with Gasteiger partial charge in [-0.05, 0) is 58.0 Å². The van der Waals surface area contributed by atoms with Crippen LogP contribution in [0.25, 0.3) is 0 Å². The Hall–Kier alpha value is -1.35. The van der Waals surface area contributed by atoms with E-state index in [0.29, 0.717) is 13.0 Å². The molecule has 0 unspecified atom stereocenters. The number of aryl methyl sites for hydroxylation is 1. The molecule has 0 aliphatic carbocycles. The van der Waals surface area contributed by atoms with Gasteiger partial charge in [-0.2, -0.15) is 0 Å². The van der Waals surface area contributed by atoms with Crippen LogP contribution in [0.1, 0.15) is 37.8 Å². The van der Waals surface area contributed by atoms with E-state index in [0.717, 1.165) is 25.3 Å². The van der Waals surface area contributed by atoms with Crippen LogP contribution in [-0.2, 0) is 11.3 Å². The molecule has 0 atom stereocenters. The Labute approximate surface area is 116 Å².